The van der Waals surface area contributed by atoms with Gasteiger partial charge < -0.3 is 19.5 Å². The van der Waals surface area contributed by atoms with E-state index in [-0.39, 0.29) is 12.1 Å². The summed E-state index contributed by atoms with van der Waals surface area (Å²) in [5, 5.41) is 2.98. The molecule has 0 aliphatic heterocycles. The van der Waals surface area contributed by atoms with Crippen molar-refractivity contribution in [1.29, 1.82) is 0 Å². The molecule has 2 amide bonds. The van der Waals surface area contributed by atoms with Crippen molar-refractivity contribution in [3.8, 4) is 5.75 Å². The maximum absolute atomic E-state index is 13.0. The maximum Gasteiger partial charge on any atom is 0.322 e. The summed E-state index contributed by atoms with van der Waals surface area (Å²) in [6.45, 7) is 7.45. The molecule has 2 aromatic carbocycles. The molecular weight excluding hydrogens is 362 g/mol. The van der Waals surface area contributed by atoms with E-state index in [1.54, 1.807) is 7.11 Å². The van der Waals surface area contributed by atoms with Crippen LogP contribution in [-0.4, -0.2) is 28.6 Å². The predicted octanol–water partition coefficient (Wildman–Crippen LogP) is 5.30. The first-order chi connectivity index (χ1) is 14.0. The van der Waals surface area contributed by atoms with Gasteiger partial charge in [-0.2, -0.15) is 0 Å². The van der Waals surface area contributed by atoms with Gasteiger partial charge in [0.15, 0.2) is 0 Å². The van der Waals surface area contributed by atoms with Crippen LogP contribution >= 0.6 is 0 Å². The van der Waals surface area contributed by atoms with Gasteiger partial charge in [0.1, 0.15) is 5.75 Å². The van der Waals surface area contributed by atoms with Crippen molar-refractivity contribution in [2.45, 2.75) is 39.9 Å². The summed E-state index contributed by atoms with van der Waals surface area (Å²) >= 11 is 0. The third-order valence-corrected chi connectivity index (χ3v) is 4.92. The summed E-state index contributed by atoms with van der Waals surface area (Å²) in [7, 11) is 1.60. The minimum absolute atomic E-state index is 0.0482. The van der Waals surface area contributed by atoms with Gasteiger partial charge in [-0.25, -0.2) is 4.79 Å². The van der Waals surface area contributed by atoms with Crippen molar-refractivity contribution in [2.24, 2.45) is 0 Å². The summed E-state index contributed by atoms with van der Waals surface area (Å²) < 4.78 is 7.55. The van der Waals surface area contributed by atoms with Crippen molar-refractivity contribution < 1.29 is 9.53 Å². The summed E-state index contributed by atoms with van der Waals surface area (Å²) in [6.07, 6.45) is 2.06. The molecule has 29 heavy (non-hydrogen) atoms. The largest absolute Gasteiger partial charge is 0.495 e. The van der Waals surface area contributed by atoms with E-state index in [1.165, 1.54) is 11.1 Å². The number of amides is 2. The number of nitrogens with one attached hydrogen (secondary N) is 1. The van der Waals surface area contributed by atoms with Gasteiger partial charge >= 0.3 is 6.03 Å². The van der Waals surface area contributed by atoms with Crippen LogP contribution in [0.3, 0.4) is 0 Å². The number of urea groups is 1. The van der Waals surface area contributed by atoms with E-state index in [2.05, 4.69) is 53.3 Å². The molecule has 0 aliphatic carbocycles. The first-order valence-electron chi connectivity index (χ1n) is 9.88. The number of rotatable bonds is 7. The SMILES string of the molecule is COc1ccccc1NC(=O)N(Cc1cccn1Cc1cccc(C)c1)C(C)C. The van der Waals surface area contributed by atoms with Crippen molar-refractivity contribution in [1.82, 2.24) is 9.47 Å². The molecule has 152 valence electrons. The molecule has 0 spiro atoms. The molecule has 0 fully saturated rings. The number of methoxy groups -OCH3 is 1. The van der Waals surface area contributed by atoms with Crippen LogP contribution in [0.25, 0.3) is 0 Å². The van der Waals surface area contributed by atoms with E-state index in [9.17, 15) is 4.79 Å². The number of benzene rings is 2. The van der Waals surface area contributed by atoms with Crippen molar-refractivity contribution in [3.63, 3.8) is 0 Å². The highest BCUT2D eigenvalue weighted by atomic mass is 16.5. The van der Waals surface area contributed by atoms with Gasteiger partial charge in [0.05, 0.1) is 19.3 Å². The fourth-order valence-electron chi connectivity index (χ4n) is 3.35. The molecule has 0 radical (unpaired) electrons. The number of aromatic nitrogens is 1. The Morgan fingerprint density at radius 2 is 1.90 bits per heavy atom. The summed E-state index contributed by atoms with van der Waals surface area (Å²) in [5.41, 5.74) is 4.25. The number of ether oxygens (including phenoxy) is 1. The zero-order valence-corrected chi connectivity index (χ0v) is 17.6. The number of hydrogen-bond donors (Lipinski definition) is 1. The Balaban J connectivity index is 1.76. The Morgan fingerprint density at radius 3 is 2.62 bits per heavy atom. The van der Waals surface area contributed by atoms with Crippen LogP contribution in [0.2, 0.25) is 0 Å². The van der Waals surface area contributed by atoms with Crippen LogP contribution in [0.1, 0.15) is 30.7 Å². The van der Waals surface area contributed by atoms with E-state index < -0.39 is 0 Å². The molecular formula is C24H29N3O2. The second-order valence-electron chi connectivity index (χ2n) is 7.47. The number of anilines is 1. The third-order valence-electron chi connectivity index (χ3n) is 4.92. The lowest BCUT2D eigenvalue weighted by Crippen LogP contribution is -2.40. The van der Waals surface area contributed by atoms with Gasteiger partial charge in [-0.15, -0.1) is 0 Å². The number of carbonyl (C=O) groups is 1. The van der Waals surface area contributed by atoms with Crippen LogP contribution in [0.15, 0.2) is 66.9 Å². The van der Waals surface area contributed by atoms with Crippen molar-refractivity contribution in [3.05, 3.63) is 83.7 Å². The maximum atomic E-state index is 13.0. The second-order valence-corrected chi connectivity index (χ2v) is 7.47. The second kappa shape index (κ2) is 9.32. The molecule has 1 aromatic heterocycles. The number of aryl methyl sites for hydroxylation is 1. The lowest BCUT2D eigenvalue weighted by molar-refractivity contribution is 0.192. The van der Waals surface area contributed by atoms with Gasteiger partial charge in [0.2, 0.25) is 0 Å². The van der Waals surface area contributed by atoms with E-state index in [1.807, 2.05) is 49.1 Å². The van der Waals surface area contributed by atoms with Gasteiger partial charge in [-0.3, -0.25) is 0 Å². The summed E-state index contributed by atoms with van der Waals surface area (Å²) in [5.74, 6) is 0.646. The van der Waals surface area contributed by atoms with Gasteiger partial charge in [-0.1, -0.05) is 42.0 Å². The molecule has 0 saturated carbocycles. The molecule has 0 atom stereocenters. The topological polar surface area (TPSA) is 46.5 Å². The summed E-state index contributed by atoms with van der Waals surface area (Å²) in [4.78, 5) is 14.8. The van der Waals surface area contributed by atoms with Crippen molar-refractivity contribution >= 4 is 11.7 Å². The quantitative estimate of drug-likeness (QED) is 0.594. The van der Waals surface area contributed by atoms with E-state index >= 15 is 0 Å². The number of carbonyl (C=O) groups excluding carboxylic acids is 1. The smallest absolute Gasteiger partial charge is 0.322 e. The number of hydrogen-bond acceptors (Lipinski definition) is 2. The minimum atomic E-state index is -0.146. The molecule has 5 heteroatoms. The van der Waals surface area contributed by atoms with Gasteiger partial charge in [0, 0.05) is 24.5 Å². The fraction of sp³-hybridized carbons (Fsp3) is 0.292. The standard InChI is InChI=1S/C24H29N3O2/c1-18(2)27(24(28)25-22-12-5-6-13-23(22)29-4)17-21-11-8-14-26(21)16-20-10-7-9-19(3)15-20/h5-15,18H,16-17H2,1-4H3,(H,25,28). The van der Waals surface area contributed by atoms with E-state index in [0.717, 1.165) is 12.2 Å². The Bertz CT molecular complexity index is 962. The monoisotopic (exact) mass is 391 g/mol. The third kappa shape index (κ3) is 5.19. The molecule has 0 unspecified atom stereocenters. The molecule has 0 bridgehead atoms. The Labute approximate surface area is 172 Å². The summed E-state index contributed by atoms with van der Waals surface area (Å²) in [6, 6.07) is 19.9. The average molecular weight is 392 g/mol. The lowest BCUT2D eigenvalue weighted by atomic mass is 10.1. The van der Waals surface area contributed by atoms with Crippen LogP contribution in [0.5, 0.6) is 5.75 Å². The number of nitrogens with zero attached hydrogens (tertiary/aromatic N) is 2. The van der Waals surface area contributed by atoms with E-state index in [4.69, 9.17) is 4.74 Å². The van der Waals surface area contributed by atoms with Crippen LogP contribution in [0.4, 0.5) is 10.5 Å². The van der Waals surface area contributed by atoms with Crippen LogP contribution < -0.4 is 10.1 Å². The molecule has 5 nitrogen and oxygen atoms in total. The zero-order chi connectivity index (χ0) is 20.8. The zero-order valence-electron chi connectivity index (χ0n) is 17.6. The molecule has 1 heterocycles. The molecule has 0 saturated heterocycles. The highest BCUT2D eigenvalue weighted by Crippen LogP contribution is 2.24. The first-order valence-corrected chi connectivity index (χ1v) is 9.88. The predicted molar refractivity (Wildman–Crippen MR) is 117 cm³/mol. The molecule has 0 aliphatic rings. The highest BCUT2D eigenvalue weighted by molar-refractivity contribution is 5.91. The Kier molecular flexibility index (Phi) is 6.60. The number of para-hydroxylation sites is 2. The average Bonchev–Trinajstić information content (AvgIpc) is 3.13. The Hall–Kier alpha value is -3.21. The molecule has 1 N–H and O–H groups in total. The van der Waals surface area contributed by atoms with Crippen LogP contribution in [0, 0.1) is 6.92 Å². The molecule has 3 aromatic rings. The van der Waals surface area contributed by atoms with Crippen LogP contribution in [-0.2, 0) is 13.1 Å². The molecule has 3 rings (SSSR count). The minimum Gasteiger partial charge on any atom is -0.495 e. The van der Waals surface area contributed by atoms with Gasteiger partial charge in [0.25, 0.3) is 0 Å². The van der Waals surface area contributed by atoms with Gasteiger partial charge in [-0.05, 0) is 50.6 Å². The normalized spacial score (nSPS) is 10.8. The fourth-order valence-corrected chi connectivity index (χ4v) is 3.35. The highest BCUT2D eigenvalue weighted by Gasteiger charge is 2.20. The lowest BCUT2D eigenvalue weighted by Gasteiger charge is -2.28. The first kappa shape index (κ1) is 20.5. The van der Waals surface area contributed by atoms with E-state index in [0.29, 0.717) is 18.0 Å². The Morgan fingerprint density at radius 1 is 1.10 bits per heavy atom. The van der Waals surface area contributed by atoms with Crippen molar-refractivity contribution in [2.75, 3.05) is 12.4 Å².